The molecule has 0 aliphatic carbocycles. The van der Waals surface area contributed by atoms with Gasteiger partial charge in [0.25, 0.3) is 0 Å². The number of sulfone groups is 1. The van der Waals surface area contributed by atoms with E-state index in [1.54, 1.807) is 0 Å². The molecular weight excluding hydrogens is 192 g/mol. The topological polar surface area (TPSA) is 34.1 Å². The zero-order chi connectivity index (χ0) is 9.19. The Morgan fingerprint density at radius 2 is 2.17 bits per heavy atom. The van der Waals surface area contributed by atoms with Crippen LogP contribution in [0.1, 0.15) is 20.3 Å². The van der Waals surface area contributed by atoms with Crippen molar-refractivity contribution in [1.82, 2.24) is 0 Å². The predicted molar refractivity (Wildman–Crippen MR) is 54.4 cm³/mol. The van der Waals surface area contributed by atoms with E-state index in [9.17, 15) is 8.42 Å². The summed E-state index contributed by atoms with van der Waals surface area (Å²) in [5.74, 6) is 2.27. The number of hydrogen-bond donors (Lipinski definition) is 0. The average Bonchev–Trinajstić information content (AvgIpc) is 2.26. The molecule has 1 saturated heterocycles. The maximum atomic E-state index is 11.1. The molecule has 1 unspecified atom stereocenters. The maximum Gasteiger partial charge on any atom is 0.150 e. The SMILES string of the molecule is CC(C)SCC1CCS(=O)(=O)C1. The van der Waals surface area contributed by atoms with E-state index in [-0.39, 0.29) is 0 Å². The van der Waals surface area contributed by atoms with Gasteiger partial charge in [0.05, 0.1) is 11.5 Å². The van der Waals surface area contributed by atoms with E-state index in [0.717, 1.165) is 12.2 Å². The Morgan fingerprint density at radius 1 is 1.50 bits per heavy atom. The van der Waals surface area contributed by atoms with Gasteiger partial charge in [-0.2, -0.15) is 11.8 Å². The summed E-state index contributed by atoms with van der Waals surface area (Å²) in [6.07, 6.45) is 0.877. The smallest absolute Gasteiger partial charge is 0.150 e. The molecule has 0 amide bonds. The summed E-state index contributed by atoms with van der Waals surface area (Å²) in [5.41, 5.74) is 0. The van der Waals surface area contributed by atoms with Gasteiger partial charge in [-0.3, -0.25) is 0 Å². The van der Waals surface area contributed by atoms with Crippen molar-refractivity contribution in [3.63, 3.8) is 0 Å². The van der Waals surface area contributed by atoms with Crippen molar-refractivity contribution in [3.8, 4) is 0 Å². The fourth-order valence-electron chi connectivity index (χ4n) is 1.33. The van der Waals surface area contributed by atoms with Crippen molar-refractivity contribution in [3.05, 3.63) is 0 Å². The third-order valence-corrected chi connectivity index (χ3v) is 5.16. The van der Waals surface area contributed by atoms with Crippen LogP contribution < -0.4 is 0 Å². The van der Waals surface area contributed by atoms with Crippen LogP contribution in [0.5, 0.6) is 0 Å². The third-order valence-electron chi connectivity index (χ3n) is 1.99. The molecule has 0 aromatic rings. The standard InChI is InChI=1S/C8H16O2S2/c1-7(2)11-5-8-3-4-12(9,10)6-8/h7-8H,3-6H2,1-2H3. The van der Waals surface area contributed by atoms with Crippen molar-refractivity contribution >= 4 is 21.6 Å². The molecule has 0 aromatic carbocycles. The van der Waals surface area contributed by atoms with Gasteiger partial charge in [0, 0.05) is 0 Å². The Bertz CT molecular complexity index is 231. The molecule has 0 bridgehead atoms. The van der Waals surface area contributed by atoms with E-state index in [2.05, 4.69) is 13.8 Å². The van der Waals surface area contributed by atoms with Crippen molar-refractivity contribution in [2.24, 2.45) is 5.92 Å². The van der Waals surface area contributed by atoms with E-state index in [0.29, 0.717) is 22.7 Å². The van der Waals surface area contributed by atoms with Crippen LogP contribution in [0.3, 0.4) is 0 Å². The minimum absolute atomic E-state index is 0.413. The van der Waals surface area contributed by atoms with Gasteiger partial charge in [-0.25, -0.2) is 8.42 Å². The minimum Gasteiger partial charge on any atom is -0.229 e. The summed E-state index contributed by atoms with van der Waals surface area (Å²) in [6.45, 7) is 4.29. The molecule has 0 aromatic heterocycles. The first-order valence-electron chi connectivity index (χ1n) is 4.31. The highest BCUT2D eigenvalue weighted by Crippen LogP contribution is 2.24. The first-order valence-corrected chi connectivity index (χ1v) is 7.18. The lowest BCUT2D eigenvalue weighted by molar-refractivity contribution is 0.599. The summed E-state index contributed by atoms with van der Waals surface area (Å²) in [5, 5.41) is 0.619. The molecule has 2 nitrogen and oxygen atoms in total. The minimum atomic E-state index is -2.66. The lowest BCUT2D eigenvalue weighted by Gasteiger charge is -2.08. The van der Waals surface area contributed by atoms with Gasteiger partial charge in [-0.05, 0) is 23.3 Å². The Kier molecular flexibility index (Phi) is 3.47. The fraction of sp³-hybridized carbons (Fsp3) is 1.00. The molecule has 72 valence electrons. The normalized spacial score (nSPS) is 28.1. The summed E-state index contributed by atoms with van der Waals surface area (Å²) >= 11 is 1.86. The molecule has 0 saturated carbocycles. The van der Waals surface area contributed by atoms with Crippen LogP contribution in [0.4, 0.5) is 0 Å². The van der Waals surface area contributed by atoms with Crippen molar-refractivity contribution in [2.75, 3.05) is 17.3 Å². The molecule has 1 aliphatic rings. The maximum absolute atomic E-state index is 11.1. The second kappa shape index (κ2) is 4.01. The fourth-order valence-corrected chi connectivity index (χ4v) is 4.28. The number of thioether (sulfide) groups is 1. The van der Waals surface area contributed by atoms with Crippen LogP contribution in [0.25, 0.3) is 0 Å². The summed E-state index contributed by atoms with van der Waals surface area (Å²) in [4.78, 5) is 0. The molecular formula is C8H16O2S2. The van der Waals surface area contributed by atoms with Gasteiger partial charge < -0.3 is 0 Å². The zero-order valence-electron chi connectivity index (χ0n) is 7.62. The third kappa shape index (κ3) is 3.35. The Morgan fingerprint density at radius 3 is 2.58 bits per heavy atom. The van der Waals surface area contributed by atoms with E-state index in [1.807, 2.05) is 11.8 Å². The highest BCUT2D eigenvalue weighted by Gasteiger charge is 2.27. The molecule has 1 atom stereocenters. The van der Waals surface area contributed by atoms with Gasteiger partial charge in [0.15, 0.2) is 9.84 Å². The Labute approximate surface area is 79.0 Å². The Balaban J connectivity index is 2.29. The van der Waals surface area contributed by atoms with Crippen molar-refractivity contribution in [1.29, 1.82) is 0 Å². The van der Waals surface area contributed by atoms with Crippen LogP contribution in [0.2, 0.25) is 0 Å². The number of hydrogen-bond acceptors (Lipinski definition) is 3. The highest BCUT2D eigenvalue weighted by molar-refractivity contribution is 7.99. The second-order valence-corrected chi connectivity index (χ2v) is 7.49. The molecule has 0 radical (unpaired) electrons. The summed E-state index contributed by atoms with van der Waals surface area (Å²) in [7, 11) is -2.66. The lowest BCUT2D eigenvalue weighted by Crippen LogP contribution is -2.08. The van der Waals surface area contributed by atoms with Crippen molar-refractivity contribution in [2.45, 2.75) is 25.5 Å². The van der Waals surface area contributed by atoms with Gasteiger partial charge in [0.2, 0.25) is 0 Å². The van der Waals surface area contributed by atoms with Crippen LogP contribution in [0, 0.1) is 5.92 Å². The van der Waals surface area contributed by atoms with E-state index in [1.165, 1.54) is 0 Å². The van der Waals surface area contributed by atoms with Gasteiger partial charge in [-0.1, -0.05) is 13.8 Å². The average molecular weight is 208 g/mol. The second-order valence-electron chi connectivity index (χ2n) is 3.65. The first-order chi connectivity index (χ1) is 5.49. The molecule has 0 spiro atoms. The van der Waals surface area contributed by atoms with Gasteiger partial charge >= 0.3 is 0 Å². The first kappa shape index (κ1) is 10.4. The molecule has 1 fully saturated rings. The molecule has 12 heavy (non-hydrogen) atoms. The molecule has 0 N–H and O–H groups in total. The van der Waals surface area contributed by atoms with Crippen LogP contribution in [0.15, 0.2) is 0 Å². The van der Waals surface area contributed by atoms with E-state index < -0.39 is 9.84 Å². The summed E-state index contributed by atoms with van der Waals surface area (Å²) < 4.78 is 22.2. The molecule has 1 heterocycles. The highest BCUT2D eigenvalue weighted by atomic mass is 32.2. The molecule has 1 rings (SSSR count). The quantitative estimate of drug-likeness (QED) is 0.706. The van der Waals surface area contributed by atoms with Crippen molar-refractivity contribution < 1.29 is 8.42 Å². The zero-order valence-corrected chi connectivity index (χ0v) is 9.25. The van der Waals surface area contributed by atoms with Gasteiger partial charge in [0.1, 0.15) is 0 Å². The molecule has 1 aliphatic heterocycles. The largest absolute Gasteiger partial charge is 0.229 e. The predicted octanol–water partition coefficient (Wildman–Crippen LogP) is 1.56. The van der Waals surface area contributed by atoms with Crippen LogP contribution >= 0.6 is 11.8 Å². The van der Waals surface area contributed by atoms with E-state index in [4.69, 9.17) is 0 Å². The lowest BCUT2D eigenvalue weighted by atomic mass is 10.2. The number of rotatable bonds is 3. The van der Waals surface area contributed by atoms with Gasteiger partial charge in [-0.15, -0.1) is 0 Å². The Hall–Kier alpha value is 0.300. The molecule has 4 heteroatoms. The van der Waals surface area contributed by atoms with E-state index >= 15 is 0 Å². The monoisotopic (exact) mass is 208 g/mol. The summed E-state index contributed by atoms with van der Waals surface area (Å²) in [6, 6.07) is 0. The van der Waals surface area contributed by atoms with Crippen LogP contribution in [-0.4, -0.2) is 30.9 Å². The van der Waals surface area contributed by atoms with Crippen LogP contribution in [-0.2, 0) is 9.84 Å².